The minimum absolute atomic E-state index is 0.00312. The molecule has 2 aromatic carbocycles. The fourth-order valence-corrected chi connectivity index (χ4v) is 1.90. The second-order valence-corrected chi connectivity index (χ2v) is 4.68. The third-order valence-corrected chi connectivity index (χ3v) is 3.03. The van der Waals surface area contributed by atoms with Gasteiger partial charge < -0.3 is 10.1 Å². The Kier molecular flexibility index (Phi) is 4.88. The summed E-state index contributed by atoms with van der Waals surface area (Å²) in [7, 11) is 1.54. The van der Waals surface area contributed by atoms with Gasteiger partial charge in [0.15, 0.2) is 5.78 Å². The lowest BCUT2D eigenvalue weighted by molar-refractivity contribution is 0.0993. The fraction of sp³-hybridized carbons (Fsp3) is 0.118. The lowest BCUT2D eigenvalue weighted by atomic mass is 10.1. The van der Waals surface area contributed by atoms with Gasteiger partial charge in [-0.25, -0.2) is 8.78 Å². The van der Waals surface area contributed by atoms with Gasteiger partial charge in [0, 0.05) is 17.3 Å². The maximum Gasteiger partial charge on any atom is 0.168 e. The monoisotopic (exact) mass is 303 g/mol. The molecule has 0 radical (unpaired) electrons. The number of anilines is 1. The highest BCUT2D eigenvalue weighted by atomic mass is 19.1. The van der Waals surface area contributed by atoms with Crippen molar-refractivity contribution < 1.29 is 18.3 Å². The number of carbonyl (C=O) groups excluding carboxylic acids is 1. The van der Waals surface area contributed by atoms with E-state index < -0.39 is 11.6 Å². The molecule has 0 spiro atoms. The maximum absolute atomic E-state index is 13.5. The maximum atomic E-state index is 13.5. The molecule has 0 heterocycles. The van der Waals surface area contributed by atoms with Crippen LogP contribution in [0.5, 0.6) is 5.75 Å². The van der Waals surface area contributed by atoms with E-state index in [-0.39, 0.29) is 17.9 Å². The van der Waals surface area contributed by atoms with Crippen molar-refractivity contribution >= 4 is 11.5 Å². The summed E-state index contributed by atoms with van der Waals surface area (Å²) < 4.78 is 31.4. The minimum atomic E-state index is -0.738. The standard InChI is InChI=1S/C17H15F2NO2/c1-11(20-16-8-5-13(18)10-15(16)19)9-17(21)12-3-6-14(22-2)7-4-12/h3-8,10,20H,1,9H2,2H3. The molecule has 0 aliphatic carbocycles. The number of methoxy groups -OCH3 is 1. The molecule has 0 fully saturated rings. The Balaban J connectivity index is 2.00. The van der Waals surface area contributed by atoms with Crippen molar-refractivity contribution in [2.45, 2.75) is 6.42 Å². The zero-order chi connectivity index (χ0) is 16.1. The number of ether oxygens (including phenoxy) is 1. The van der Waals surface area contributed by atoms with Crippen molar-refractivity contribution in [2.75, 3.05) is 12.4 Å². The Bertz CT molecular complexity index is 696. The number of carbonyl (C=O) groups is 1. The molecule has 0 unspecified atom stereocenters. The van der Waals surface area contributed by atoms with Gasteiger partial charge in [0.05, 0.1) is 19.2 Å². The van der Waals surface area contributed by atoms with Gasteiger partial charge in [-0.2, -0.15) is 0 Å². The van der Waals surface area contributed by atoms with Gasteiger partial charge in [0.2, 0.25) is 0 Å². The van der Waals surface area contributed by atoms with Gasteiger partial charge in [-0.3, -0.25) is 4.79 Å². The highest BCUT2D eigenvalue weighted by Gasteiger charge is 2.10. The molecule has 5 heteroatoms. The first-order valence-electron chi connectivity index (χ1n) is 6.56. The molecular formula is C17H15F2NO2. The molecule has 0 bridgehead atoms. The van der Waals surface area contributed by atoms with E-state index >= 15 is 0 Å². The van der Waals surface area contributed by atoms with E-state index in [2.05, 4.69) is 11.9 Å². The SMILES string of the molecule is C=C(CC(=O)c1ccc(OC)cc1)Nc1ccc(F)cc1F. The van der Waals surface area contributed by atoms with Crippen molar-refractivity contribution in [3.8, 4) is 5.75 Å². The Hall–Kier alpha value is -2.69. The van der Waals surface area contributed by atoms with Gasteiger partial charge in [-0.15, -0.1) is 0 Å². The Morgan fingerprint density at radius 3 is 2.45 bits per heavy atom. The molecular weight excluding hydrogens is 288 g/mol. The minimum Gasteiger partial charge on any atom is -0.497 e. The number of rotatable bonds is 6. The smallest absolute Gasteiger partial charge is 0.168 e. The molecule has 0 aliphatic rings. The summed E-state index contributed by atoms with van der Waals surface area (Å²) >= 11 is 0. The van der Waals surface area contributed by atoms with Crippen molar-refractivity contribution in [1.82, 2.24) is 0 Å². The second-order valence-electron chi connectivity index (χ2n) is 4.68. The van der Waals surface area contributed by atoms with Crippen LogP contribution >= 0.6 is 0 Å². The van der Waals surface area contributed by atoms with Crippen LogP contribution in [0.1, 0.15) is 16.8 Å². The van der Waals surface area contributed by atoms with Crippen LogP contribution in [0.25, 0.3) is 0 Å². The predicted molar refractivity (Wildman–Crippen MR) is 81.1 cm³/mol. The molecule has 1 N–H and O–H groups in total. The van der Waals surface area contributed by atoms with Crippen molar-refractivity contribution in [3.05, 3.63) is 71.9 Å². The van der Waals surface area contributed by atoms with Crippen LogP contribution < -0.4 is 10.1 Å². The number of ketones is 1. The largest absolute Gasteiger partial charge is 0.497 e. The van der Waals surface area contributed by atoms with Crippen LogP contribution in [-0.4, -0.2) is 12.9 Å². The summed E-state index contributed by atoms with van der Waals surface area (Å²) in [6.45, 7) is 3.70. The lowest BCUT2D eigenvalue weighted by Gasteiger charge is -2.10. The number of nitrogens with one attached hydrogen (secondary N) is 1. The van der Waals surface area contributed by atoms with Crippen molar-refractivity contribution in [2.24, 2.45) is 0 Å². The Labute approximate surface area is 127 Å². The molecule has 0 aliphatic heterocycles. The first-order valence-corrected chi connectivity index (χ1v) is 6.56. The Morgan fingerprint density at radius 1 is 1.18 bits per heavy atom. The summed E-state index contributed by atoms with van der Waals surface area (Å²) in [6, 6.07) is 9.81. The summed E-state index contributed by atoms with van der Waals surface area (Å²) in [5, 5.41) is 2.68. The first-order chi connectivity index (χ1) is 10.5. The summed E-state index contributed by atoms with van der Waals surface area (Å²) in [5.41, 5.74) is 0.906. The van der Waals surface area contributed by atoms with Crippen LogP contribution in [0, 0.1) is 11.6 Å². The van der Waals surface area contributed by atoms with Crippen molar-refractivity contribution in [3.63, 3.8) is 0 Å². The molecule has 3 nitrogen and oxygen atoms in total. The van der Waals surface area contributed by atoms with Crippen LogP contribution in [0.4, 0.5) is 14.5 Å². The molecule has 2 rings (SSSR count). The highest BCUT2D eigenvalue weighted by Crippen LogP contribution is 2.19. The molecule has 2 aromatic rings. The molecule has 0 saturated heterocycles. The number of hydrogen-bond donors (Lipinski definition) is 1. The number of benzene rings is 2. The molecule has 0 amide bonds. The third-order valence-electron chi connectivity index (χ3n) is 3.03. The van der Waals surface area contributed by atoms with Crippen molar-refractivity contribution in [1.29, 1.82) is 0 Å². The molecule has 0 atom stereocenters. The van der Waals surface area contributed by atoms with Gasteiger partial charge in [-0.05, 0) is 36.4 Å². The van der Waals surface area contributed by atoms with E-state index in [0.29, 0.717) is 17.0 Å². The summed E-state index contributed by atoms with van der Waals surface area (Å²) in [5.74, 6) is -0.912. The average Bonchev–Trinajstić information content (AvgIpc) is 2.50. The number of halogens is 2. The Morgan fingerprint density at radius 2 is 1.86 bits per heavy atom. The van der Waals surface area contributed by atoms with E-state index in [0.717, 1.165) is 12.1 Å². The van der Waals surface area contributed by atoms with Gasteiger partial charge in [0.1, 0.15) is 17.4 Å². The van der Waals surface area contributed by atoms with Crippen LogP contribution in [0.2, 0.25) is 0 Å². The van der Waals surface area contributed by atoms with E-state index in [4.69, 9.17) is 4.74 Å². The molecule has 22 heavy (non-hydrogen) atoms. The summed E-state index contributed by atoms with van der Waals surface area (Å²) in [4.78, 5) is 12.1. The normalized spacial score (nSPS) is 10.1. The van der Waals surface area contributed by atoms with E-state index in [1.54, 1.807) is 31.4 Å². The lowest BCUT2D eigenvalue weighted by Crippen LogP contribution is -2.07. The number of allylic oxidation sites excluding steroid dienone is 1. The van der Waals surface area contributed by atoms with Crippen LogP contribution in [-0.2, 0) is 0 Å². The molecule has 114 valence electrons. The summed E-state index contributed by atoms with van der Waals surface area (Å²) in [6.07, 6.45) is 0.00312. The zero-order valence-electron chi connectivity index (χ0n) is 12.0. The third kappa shape index (κ3) is 3.91. The van der Waals surface area contributed by atoms with E-state index in [1.807, 2.05) is 0 Å². The van der Waals surface area contributed by atoms with Crippen LogP contribution in [0.3, 0.4) is 0 Å². The number of hydrogen-bond acceptors (Lipinski definition) is 3. The average molecular weight is 303 g/mol. The molecule has 0 aromatic heterocycles. The first kappa shape index (κ1) is 15.7. The topological polar surface area (TPSA) is 38.3 Å². The number of Topliss-reactive ketones (excluding diaryl/α,β-unsaturated/α-hetero) is 1. The van der Waals surface area contributed by atoms with E-state index in [1.165, 1.54) is 6.07 Å². The van der Waals surface area contributed by atoms with Crippen LogP contribution in [0.15, 0.2) is 54.7 Å². The highest BCUT2D eigenvalue weighted by molar-refractivity contribution is 5.97. The van der Waals surface area contributed by atoms with Gasteiger partial charge in [-0.1, -0.05) is 6.58 Å². The zero-order valence-corrected chi connectivity index (χ0v) is 12.0. The van der Waals surface area contributed by atoms with E-state index in [9.17, 15) is 13.6 Å². The quantitative estimate of drug-likeness (QED) is 0.814. The predicted octanol–water partition coefficient (Wildman–Crippen LogP) is 4.17. The second kappa shape index (κ2) is 6.85. The van der Waals surface area contributed by atoms with Gasteiger partial charge >= 0.3 is 0 Å². The fourth-order valence-electron chi connectivity index (χ4n) is 1.90. The van der Waals surface area contributed by atoms with Gasteiger partial charge in [0.25, 0.3) is 0 Å². The molecule has 0 saturated carbocycles.